The van der Waals surface area contributed by atoms with Crippen LogP contribution in [0.5, 0.6) is 0 Å². The highest BCUT2D eigenvalue weighted by atomic mass is 16.3. The molecule has 0 saturated carbocycles. The molecule has 2 aliphatic heterocycles. The average molecular weight is 365 g/mol. The van der Waals surface area contributed by atoms with E-state index in [1.165, 1.54) is 0 Å². The number of hydrogen-bond acceptors (Lipinski definition) is 8. The molecule has 2 aromatic rings. The molecule has 8 heteroatoms. The normalized spacial score (nSPS) is 20.4. The summed E-state index contributed by atoms with van der Waals surface area (Å²) in [6.45, 7) is 4.61. The molecule has 2 saturated heterocycles. The maximum absolute atomic E-state index is 9.91. The van der Waals surface area contributed by atoms with E-state index in [1.54, 1.807) is 24.5 Å². The van der Waals surface area contributed by atoms with E-state index < -0.39 is 0 Å². The van der Waals surface area contributed by atoms with E-state index in [2.05, 4.69) is 30.7 Å². The molecular formula is C19H23N7O. The Morgan fingerprint density at radius 1 is 1.00 bits per heavy atom. The van der Waals surface area contributed by atoms with Crippen molar-refractivity contribution in [3.8, 4) is 6.07 Å². The number of β-amino-alcohol motifs (C(OH)–C–C–N with tert-alkyl or cyclic N) is 1. The fraction of sp³-hybridized carbons (Fsp3) is 0.474. The average Bonchev–Trinajstić information content (AvgIpc) is 2.74. The standard InChI is InChI=1S/C19H23N7O/c20-13-15-3-1-6-21-18(15)24-9-11-25(12-10-24)19-22-7-5-17(23-19)26-8-2-4-16(27)14-26/h1,3,5-7,16,27H,2,4,8-12,14H2/t16-/m1/s1. The number of aromatic nitrogens is 3. The number of piperidine rings is 1. The molecule has 0 aliphatic carbocycles. The van der Waals surface area contributed by atoms with Crippen molar-refractivity contribution >= 4 is 17.6 Å². The minimum absolute atomic E-state index is 0.284. The molecule has 0 aromatic carbocycles. The number of anilines is 3. The van der Waals surface area contributed by atoms with Crippen LogP contribution >= 0.6 is 0 Å². The first-order chi connectivity index (χ1) is 13.2. The Bertz CT molecular complexity index is 829. The van der Waals surface area contributed by atoms with Crippen LogP contribution in [0, 0.1) is 11.3 Å². The zero-order valence-electron chi connectivity index (χ0n) is 15.2. The quantitative estimate of drug-likeness (QED) is 0.862. The summed E-state index contributed by atoms with van der Waals surface area (Å²) in [5.74, 6) is 2.34. The van der Waals surface area contributed by atoms with Gasteiger partial charge in [0.1, 0.15) is 17.7 Å². The van der Waals surface area contributed by atoms with Gasteiger partial charge in [-0.1, -0.05) is 0 Å². The van der Waals surface area contributed by atoms with Gasteiger partial charge < -0.3 is 19.8 Å². The summed E-state index contributed by atoms with van der Waals surface area (Å²) in [6, 6.07) is 7.71. The number of nitrogens with zero attached hydrogens (tertiary/aromatic N) is 7. The van der Waals surface area contributed by atoms with Crippen LogP contribution in [-0.4, -0.2) is 65.4 Å². The van der Waals surface area contributed by atoms with Crippen molar-refractivity contribution in [3.63, 3.8) is 0 Å². The lowest BCUT2D eigenvalue weighted by molar-refractivity contribution is 0.154. The molecule has 4 heterocycles. The molecule has 0 spiro atoms. The lowest BCUT2D eigenvalue weighted by Crippen LogP contribution is -2.47. The predicted octanol–water partition coefficient (Wildman–Crippen LogP) is 1.03. The molecule has 0 amide bonds. The van der Waals surface area contributed by atoms with Crippen LogP contribution in [0.25, 0.3) is 0 Å². The van der Waals surface area contributed by atoms with Gasteiger partial charge in [0.25, 0.3) is 0 Å². The van der Waals surface area contributed by atoms with Crippen LogP contribution in [0.4, 0.5) is 17.6 Å². The fourth-order valence-electron chi connectivity index (χ4n) is 3.68. The van der Waals surface area contributed by atoms with Crippen LogP contribution in [0.15, 0.2) is 30.6 Å². The second-order valence-corrected chi connectivity index (χ2v) is 6.92. The summed E-state index contributed by atoms with van der Waals surface area (Å²) in [6.07, 6.45) is 5.06. The van der Waals surface area contributed by atoms with Gasteiger partial charge in [-0.05, 0) is 31.0 Å². The van der Waals surface area contributed by atoms with E-state index in [-0.39, 0.29) is 6.10 Å². The van der Waals surface area contributed by atoms with E-state index in [1.807, 2.05) is 6.07 Å². The van der Waals surface area contributed by atoms with Crippen LogP contribution in [-0.2, 0) is 0 Å². The summed E-state index contributed by atoms with van der Waals surface area (Å²) in [5, 5.41) is 19.2. The number of rotatable bonds is 3. The number of aliphatic hydroxyl groups is 1. The lowest BCUT2D eigenvalue weighted by Gasteiger charge is -2.36. The molecule has 8 nitrogen and oxygen atoms in total. The molecule has 1 atom stereocenters. The summed E-state index contributed by atoms with van der Waals surface area (Å²) in [4.78, 5) is 20.0. The molecule has 0 unspecified atom stereocenters. The third kappa shape index (κ3) is 3.78. The molecule has 2 fully saturated rings. The Morgan fingerprint density at radius 3 is 2.59 bits per heavy atom. The summed E-state index contributed by atoms with van der Waals surface area (Å²) in [7, 11) is 0. The van der Waals surface area contributed by atoms with E-state index in [9.17, 15) is 10.4 Å². The van der Waals surface area contributed by atoms with Crippen molar-refractivity contribution in [1.82, 2.24) is 15.0 Å². The topological polar surface area (TPSA) is 92.4 Å². The van der Waals surface area contributed by atoms with Crippen LogP contribution in [0.3, 0.4) is 0 Å². The van der Waals surface area contributed by atoms with Crippen LogP contribution in [0.1, 0.15) is 18.4 Å². The Labute approximate surface area is 158 Å². The minimum atomic E-state index is -0.284. The number of hydrogen-bond donors (Lipinski definition) is 1. The summed E-state index contributed by atoms with van der Waals surface area (Å²) in [5.41, 5.74) is 0.604. The highest BCUT2D eigenvalue weighted by molar-refractivity contribution is 5.55. The number of aliphatic hydroxyl groups excluding tert-OH is 1. The SMILES string of the molecule is N#Cc1cccnc1N1CCN(c2nccc(N3CCC[C@@H](O)C3)n2)CC1. The first kappa shape index (κ1) is 17.5. The lowest BCUT2D eigenvalue weighted by atomic mass is 10.1. The van der Waals surface area contributed by atoms with Gasteiger partial charge in [0.05, 0.1) is 11.7 Å². The van der Waals surface area contributed by atoms with Crippen LogP contribution < -0.4 is 14.7 Å². The van der Waals surface area contributed by atoms with E-state index in [0.29, 0.717) is 18.1 Å². The summed E-state index contributed by atoms with van der Waals surface area (Å²) < 4.78 is 0. The summed E-state index contributed by atoms with van der Waals surface area (Å²) >= 11 is 0. The van der Waals surface area contributed by atoms with Crippen molar-refractivity contribution in [2.75, 3.05) is 54.0 Å². The molecule has 2 aromatic heterocycles. The van der Waals surface area contributed by atoms with Gasteiger partial charge in [0, 0.05) is 51.7 Å². The Kier molecular flexibility index (Phi) is 5.03. The molecule has 0 bridgehead atoms. The monoisotopic (exact) mass is 365 g/mol. The molecule has 140 valence electrons. The van der Waals surface area contributed by atoms with Gasteiger partial charge in [-0.2, -0.15) is 10.2 Å². The van der Waals surface area contributed by atoms with Gasteiger partial charge in [-0.25, -0.2) is 9.97 Å². The highest BCUT2D eigenvalue weighted by Crippen LogP contribution is 2.22. The second kappa shape index (κ2) is 7.76. The van der Waals surface area contributed by atoms with Crippen molar-refractivity contribution < 1.29 is 5.11 Å². The van der Waals surface area contributed by atoms with Crippen molar-refractivity contribution in [1.29, 1.82) is 5.26 Å². The smallest absolute Gasteiger partial charge is 0.227 e. The Hall–Kier alpha value is -2.92. The van der Waals surface area contributed by atoms with Gasteiger partial charge >= 0.3 is 0 Å². The Balaban J connectivity index is 1.44. The maximum atomic E-state index is 9.91. The predicted molar refractivity (Wildman–Crippen MR) is 103 cm³/mol. The molecule has 27 heavy (non-hydrogen) atoms. The first-order valence-corrected chi connectivity index (χ1v) is 9.35. The van der Waals surface area contributed by atoms with Gasteiger partial charge in [-0.15, -0.1) is 0 Å². The minimum Gasteiger partial charge on any atom is -0.391 e. The highest BCUT2D eigenvalue weighted by Gasteiger charge is 2.23. The first-order valence-electron chi connectivity index (χ1n) is 9.35. The van der Waals surface area contributed by atoms with Gasteiger partial charge in [-0.3, -0.25) is 0 Å². The van der Waals surface area contributed by atoms with Gasteiger partial charge in [0.2, 0.25) is 5.95 Å². The maximum Gasteiger partial charge on any atom is 0.227 e. The van der Waals surface area contributed by atoms with E-state index >= 15 is 0 Å². The largest absolute Gasteiger partial charge is 0.391 e. The molecule has 0 radical (unpaired) electrons. The number of nitriles is 1. The second-order valence-electron chi connectivity index (χ2n) is 6.92. The molecule has 1 N–H and O–H groups in total. The van der Waals surface area contributed by atoms with Gasteiger partial charge in [0.15, 0.2) is 0 Å². The number of pyridine rings is 1. The van der Waals surface area contributed by atoms with Crippen LogP contribution in [0.2, 0.25) is 0 Å². The zero-order valence-corrected chi connectivity index (χ0v) is 15.2. The van der Waals surface area contributed by atoms with E-state index in [0.717, 1.165) is 57.2 Å². The third-order valence-electron chi connectivity index (χ3n) is 5.12. The van der Waals surface area contributed by atoms with Crippen molar-refractivity contribution in [2.45, 2.75) is 18.9 Å². The number of piperazine rings is 1. The molecule has 4 rings (SSSR count). The van der Waals surface area contributed by atoms with Crippen molar-refractivity contribution in [3.05, 3.63) is 36.2 Å². The van der Waals surface area contributed by atoms with E-state index in [4.69, 9.17) is 4.98 Å². The Morgan fingerprint density at radius 2 is 1.81 bits per heavy atom. The fourth-order valence-corrected chi connectivity index (χ4v) is 3.68. The van der Waals surface area contributed by atoms with Crippen molar-refractivity contribution in [2.24, 2.45) is 0 Å². The molecule has 2 aliphatic rings. The third-order valence-corrected chi connectivity index (χ3v) is 5.12. The zero-order chi connectivity index (χ0) is 18.6. The molecular weight excluding hydrogens is 342 g/mol.